The third-order valence-corrected chi connectivity index (χ3v) is 4.56. The monoisotopic (exact) mass is 295 g/mol. The summed E-state index contributed by atoms with van der Waals surface area (Å²) in [5.74, 6) is 0.493. The van der Waals surface area contributed by atoms with Gasteiger partial charge < -0.3 is 14.5 Å². The van der Waals surface area contributed by atoms with Crippen molar-refractivity contribution in [2.45, 2.75) is 19.3 Å². The van der Waals surface area contributed by atoms with E-state index < -0.39 is 0 Å². The molecule has 0 bridgehead atoms. The van der Waals surface area contributed by atoms with Crippen LogP contribution >= 0.6 is 0 Å². The molecule has 22 heavy (non-hydrogen) atoms. The van der Waals surface area contributed by atoms with E-state index >= 15 is 0 Å². The number of aromatic nitrogens is 1. The molecule has 0 radical (unpaired) electrons. The summed E-state index contributed by atoms with van der Waals surface area (Å²) in [5, 5.41) is 1.87. The molecule has 1 aliphatic rings. The average molecular weight is 295 g/mol. The Hall–Kier alpha value is -2.49. The van der Waals surface area contributed by atoms with Crippen molar-refractivity contribution in [3.8, 4) is 5.75 Å². The molecular weight excluding hydrogens is 278 g/mol. The number of hydrogen-bond donors (Lipinski definition) is 1. The molecule has 1 aromatic heterocycles. The van der Waals surface area contributed by atoms with Crippen molar-refractivity contribution in [2.75, 3.05) is 14.2 Å². The highest BCUT2D eigenvalue weighted by Crippen LogP contribution is 2.41. The molecule has 0 atom stereocenters. The topological polar surface area (TPSA) is 51.3 Å². The number of ether oxygens (including phenoxy) is 2. The highest BCUT2D eigenvalue weighted by molar-refractivity contribution is 6.19. The molecule has 4 nitrogen and oxygen atoms in total. The van der Waals surface area contributed by atoms with Crippen LogP contribution in [0.3, 0.4) is 0 Å². The van der Waals surface area contributed by atoms with Crippen LogP contribution in [-0.4, -0.2) is 25.2 Å². The fourth-order valence-electron chi connectivity index (χ4n) is 3.60. The first-order valence-electron chi connectivity index (χ1n) is 7.46. The Morgan fingerprint density at radius 3 is 2.82 bits per heavy atom. The lowest BCUT2D eigenvalue weighted by Gasteiger charge is -2.08. The quantitative estimate of drug-likeness (QED) is 0.735. The van der Waals surface area contributed by atoms with E-state index in [4.69, 9.17) is 9.47 Å². The number of carbonyl (C=O) groups excluding carboxylic acids is 1. The zero-order valence-corrected chi connectivity index (χ0v) is 12.7. The molecule has 0 fully saturated rings. The predicted octanol–water partition coefficient (Wildman–Crippen LogP) is 3.61. The standard InChI is InChI=1S/C18H17NO3/c1-21-14-9-10-5-3-6-11(10)17-16(14)15-12(18(20)22-2)7-4-8-13(15)19-17/h4,7-9,19H,3,5-6H2,1-2H3. The lowest BCUT2D eigenvalue weighted by Crippen LogP contribution is -2.01. The summed E-state index contributed by atoms with van der Waals surface area (Å²) in [6, 6.07) is 7.78. The molecule has 0 saturated carbocycles. The first-order valence-corrected chi connectivity index (χ1v) is 7.46. The van der Waals surface area contributed by atoms with Gasteiger partial charge in [-0.25, -0.2) is 4.79 Å². The molecule has 4 rings (SSSR count). The Morgan fingerprint density at radius 1 is 1.18 bits per heavy atom. The van der Waals surface area contributed by atoms with E-state index in [0.29, 0.717) is 5.56 Å². The highest BCUT2D eigenvalue weighted by Gasteiger charge is 2.23. The number of esters is 1. The number of aryl methyl sites for hydroxylation is 2. The summed E-state index contributed by atoms with van der Waals surface area (Å²) in [6.07, 6.45) is 3.31. The molecule has 0 saturated heterocycles. The van der Waals surface area contributed by atoms with Crippen LogP contribution in [0.5, 0.6) is 5.75 Å². The third kappa shape index (κ3) is 1.67. The maximum atomic E-state index is 12.1. The van der Waals surface area contributed by atoms with Crippen LogP contribution in [0.25, 0.3) is 21.8 Å². The van der Waals surface area contributed by atoms with Gasteiger partial charge in [-0.1, -0.05) is 6.07 Å². The fourth-order valence-corrected chi connectivity index (χ4v) is 3.60. The van der Waals surface area contributed by atoms with Crippen LogP contribution in [0.2, 0.25) is 0 Å². The van der Waals surface area contributed by atoms with Gasteiger partial charge in [0, 0.05) is 10.9 Å². The molecule has 0 aliphatic heterocycles. The Kier molecular flexibility index (Phi) is 2.86. The van der Waals surface area contributed by atoms with E-state index in [1.807, 2.05) is 12.1 Å². The van der Waals surface area contributed by atoms with Crippen LogP contribution in [0, 0.1) is 0 Å². The summed E-state index contributed by atoms with van der Waals surface area (Å²) in [5.41, 5.74) is 5.30. The van der Waals surface area contributed by atoms with Gasteiger partial charge >= 0.3 is 5.97 Å². The Bertz CT molecular complexity index is 908. The first-order chi connectivity index (χ1) is 10.7. The minimum absolute atomic E-state index is 0.325. The van der Waals surface area contributed by atoms with Crippen LogP contribution in [-0.2, 0) is 17.6 Å². The summed E-state index contributed by atoms with van der Waals surface area (Å²) >= 11 is 0. The smallest absolute Gasteiger partial charge is 0.338 e. The van der Waals surface area contributed by atoms with Gasteiger partial charge in [0.15, 0.2) is 0 Å². The van der Waals surface area contributed by atoms with Crippen LogP contribution in [0.4, 0.5) is 0 Å². The van der Waals surface area contributed by atoms with Gasteiger partial charge in [0.25, 0.3) is 0 Å². The predicted molar refractivity (Wildman–Crippen MR) is 85.7 cm³/mol. The van der Waals surface area contributed by atoms with E-state index in [1.165, 1.54) is 18.2 Å². The number of nitrogens with one attached hydrogen (secondary N) is 1. The van der Waals surface area contributed by atoms with E-state index in [1.54, 1.807) is 13.2 Å². The molecule has 1 aliphatic carbocycles. The van der Waals surface area contributed by atoms with Crippen molar-refractivity contribution < 1.29 is 14.3 Å². The van der Waals surface area contributed by atoms with Crippen LogP contribution in [0.15, 0.2) is 24.3 Å². The van der Waals surface area contributed by atoms with Crippen molar-refractivity contribution >= 4 is 27.8 Å². The Labute approximate surface area is 128 Å². The highest BCUT2D eigenvalue weighted by atomic mass is 16.5. The molecule has 3 aromatic rings. The zero-order chi connectivity index (χ0) is 15.3. The van der Waals surface area contributed by atoms with Gasteiger partial charge in [0.2, 0.25) is 0 Å². The summed E-state index contributed by atoms with van der Waals surface area (Å²) < 4.78 is 10.6. The van der Waals surface area contributed by atoms with Gasteiger partial charge in [-0.2, -0.15) is 0 Å². The Morgan fingerprint density at radius 2 is 2.05 bits per heavy atom. The van der Waals surface area contributed by atoms with Gasteiger partial charge in [0.1, 0.15) is 5.75 Å². The zero-order valence-electron chi connectivity index (χ0n) is 12.7. The maximum Gasteiger partial charge on any atom is 0.338 e. The van der Waals surface area contributed by atoms with Crippen molar-refractivity contribution in [3.63, 3.8) is 0 Å². The van der Waals surface area contributed by atoms with Crippen molar-refractivity contribution in [2.24, 2.45) is 0 Å². The van der Waals surface area contributed by atoms with E-state index in [9.17, 15) is 4.79 Å². The van der Waals surface area contributed by atoms with E-state index in [2.05, 4.69) is 11.1 Å². The molecule has 1 N–H and O–H groups in total. The SMILES string of the molecule is COC(=O)c1cccc2[nH]c3c4c(cc(OC)c3c12)CCC4. The number of rotatable bonds is 2. The largest absolute Gasteiger partial charge is 0.496 e. The molecule has 1 heterocycles. The molecule has 2 aromatic carbocycles. The number of carbonyl (C=O) groups is 1. The first kappa shape index (κ1) is 13.2. The van der Waals surface area contributed by atoms with Crippen molar-refractivity contribution in [3.05, 3.63) is 41.0 Å². The molecule has 0 unspecified atom stereocenters. The summed E-state index contributed by atoms with van der Waals surface area (Å²) in [7, 11) is 3.08. The molecule has 112 valence electrons. The fraction of sp³-hybridized carbons (Fsp3) is 0.278. The van der Waals surface area contributed by atoms with E-state index in [0.717, 1.165) is 46.8 Å². The summed E-state index contributed by atoms with van der Waals surface area (Å²) in [6.45, 7) is 0. The van der Waals surface area contributed by atoms with Crippen molar-refractivity contribution in [1.82, 2.24) is 4.98 Å². The molecular formula is C18H17NO3. The van der Waals surface area contributed by atoms with Crippen LogP contribution in [0.1, 0.15) is 27.9 Å². The van der Waals surface area contributed by atoms with Gasteiger partial charge in [-0.15, -0.1) is 0 Å². The second-order valence-corrected chi connectivity index (χ2v) is 5.66. The van der Waals surface area contributed by atoms with E-state index in [-0.39, 0.29) is 5.97 Å². The van der Waals surface area contributed by atoms with Crippen LogP contribution < -0.4 is 4.74 Å². The number of aromatic amines is 1. The van der Waals surface area contributed by atoms with Gasteiger partial charge in [-0.05, 0) is 48.6 Å². The Balaban J connectivity index is 2.19. The molecule has 0 spiro atoms. The number of benzene rings is 2. The third-order valence-electron chi connectivity index (χ3n) is 4.56. The average Bonchev–Trinajstić information content (AvgIpc) is 3.16. The van der Waals surface area contributed by atoms with Gasteiger partial charge in [-0.3, -0.25) is 0 Å². The second-order valence-electron chi connectivity index (χ2n) is 5.66. The number of methoxy groups -OCH3 is 2. The van der Waals surface area contributed by atoms with Gasteiger partial charge in [0.05, 0.1) is 30.7 Å². The molecule has 0 amide bonds. The maximum absolute atomic E-state index is 12.1. The minimum Gasteiger partial charge on any atom is -0.496 e. The second kappa shape index (κ2) is 4.77. The van der Waals surface area contributed by atoms with Crippen molar-refractivity contribution in [1.29, 1.82) is 0 Å². The number of fused-ring (bicyclic) bond motifs is 5. The minimum atomic E-state index is -0.325. The lowest BCUT2D eigenvalue weighted by atomic mass is 10.0. The lowest BCUT2D eigenvalue weighted by molar-refractivity contribution is 0.0603. The number of H-pyrrole nitrogens is 1. The normalized spacial score (nSPS) is 13.5. The summed E-state index contributed by atoms with van der Waals surface area (Å²) in [4.78, 5) is 15.6. The molecule has 4 heteroatoms. The number of hydrogen-bond acceptors (Lipinski definition) is 3.